The van der Waals surface area contributed by atoms with Gasteiger partial charge in [-0.15, -0.1) is 0 Å². The van der Waals surface area contributed by atoms with Gasteiger partial charge in [-0.05, 0) is 63.4 Å². The fourth-order valence-corrected chi connectivity index (χ4v) is 5.63. The van der Waals surface area contributed by atoms with Crippen molar-refractivity contribution in [3.05, 3.63) is 47.5 Å². The average Bonchev–Trinajstić information content (AvgIpc) is 3.21. The number of anilines is 2. The second-order valence-corrected chi connectivity index (χ2v) is 9.88. The highest BCUT2D eigenvalue weighted by Crippen LogP contribution is 2.34. The first-order valence-electron chi connectivity index (χ1n) is 10.2. The van der Waals surface area contributed by atoms with E-state index in [4.69, 9.17) is 4.74 Å². The van der Waals surface area contributed by atoms with Gasteiger partial charge in [-0.25, -0.2) is 8.42 Å². The van der Waals surface area contributed by atoms with Gasteiger partial charge in [-0.2, -0.15) is 4.31 Å². The lowest BCUT2D eigenvalue weighted by Crippen LogP contribution is -2.43. The van der Waals surface area contributed by atoms with Crippen LogP contribution < -0.4 is 15.4 Å². The Balaban J connectivity index is 1.58. The van der Waals surface area contributed by atoms with Crippen molar-refractivity contribution in [2.24, 2.45) is 0 Å². The average molecular weight is 444 g/mol. The van der Waals surface area contributed by atoms with E-state index in [0.29, 0.717) is 30.0 Å². The number of benzene rings is 2. The predicted octanol–water partition coefficient (Wildman–Crippen LogP) is 2.81. The van der Waals surface area contributed by atoms with Crippen LogP contribution in [-0.2, 0) is 19.6 Å². The van der Waals surface area contributed by atoms with Gasteiger partial charge in [0.2, 0.25) is 15.9 Å². The number of rotatable bonds is 4. The zero-order valence-corrected chi connectivity index (χ0v) is 18.5. The van der Waals surface area contributed by atoms with Crippen molar-refractivity contribution < 1.29 is 22.7 Å². The van der Waals surface area contributed by atoms with Crippen LogP contribution in [0, 0.1) is 13.8 Å². The Labute approximate surface area is 181 Å². The van der Waals surface area contributed by atoms with Crippen molar-refractivity contribution in [3.63, 3.8) is 0 Å². The Kier molecular flexibility index (Phi) is 5.49. The Bertz CT molecular complexity index is 1160. The molecule has 0 saturated carbocycles. The van der Waals surface area contributed by atoms with Crippen LogP contribution in [0.2, 0.25) is 0 Å². The largest absolute Gasteiger partial charge is 0.479 e. The molecule has 8 nitrogen and oxygen atoms in total. The number of fused-ring (bicyclic) bond motifs is 1. The number of aryl methyl sites for hydroxylation is 2. The van der Waals surface area contributed by atoms with Gasteiger partial charge >= 0.3 is 0 Å². The van der Waals surface area contributed by atoms with E-state index in [1.165, 1.54) is 22.5 Å². The van der Waals surface area contributed by atoms with Gasteiger partial charge in [0.15, 0.2) is 6.10 Å². The fourth-order valence-electron chi connectivity index (χ4n) is 3.94. The minimum absolute atomic E-state index is 0.0101. The second-order valence-electron chi connectivity index (χ2n) is 7.99. The summed E-state index contributed by atoms with van der Waals surface area (Å²) in [4.78, 5) is 24.9. The maximum atomic E-state index is 13.3. The summed E-state index contributed by atoms with van der Waals surface area (Å²) in [6.45, 7) is 5.74. The van der Waals surface area contributed by atoms with Crippen LogP contribution in [0.25, 0.3) is 0 Å². The molecule has 2 unspecified atom stereocenters. The first-order chi connectivity index (χ1) is 14.7. The molecule has 0 bridgehead atoms. The molecule has 0 aliphatic carbocycles. The molecular weight excluding hydrogens is 418 g/mol. The van der Waals surface area contributed by atoms with Crippen LogP contribution in [-0.4, -0.2) is 43.2 Å². The number of amides is 2. The van der Waals surface area contributed by atoms with Crippen molar-refractivity contribution in [2.45, 2.75) is 50.7 Å². The molecule has 2 aromatic carbocycles. The third-order valence-electron chi connectivity index (χ3n) is 5.63. The van der Waals surface area contributed by atoms with Gasteiger partial charge in [-0.1, -0.05) is 17.7 Å². The molecule has 0 aromatic heterocycles. The smallest absolute Gasteiger partial charge is 0.265 e. The molecule has 9 heteroatoms. The lowest BCUT2D eigenvalue weighted by molar-refractivity contribution is -0.122. The maximum absolute atomic E-state index is 13.3. The van der Waals surface area contributed by atoms with Gasteiger partial charge in [0.1, 0.15) is 11.8 Å². The SMILES string of the molecule is Cc1ccc(NC(=O)C2CCCN2S(=O)(=O)c2ccc3c(c2)NC(=O)C(C)O3)c(C)c1. The highest BCUT2D eigenvalue weighted by atomic mass is 32.2. The number of carbonyl (C=O) groups is 2. The van der Waals surface area contributed by atoms with Gasteiger partial charge in [0.05, 0.1) is 10.6 Å². The van der Waals surface area contributed by atoms with Gasteiger partial charge in [0.25, 0.3) is 5.91 Å². The molecule has 2 N–H and O–H groups in total. The van der Waals surface area contributed by atoms with Crippen molar-refractivity contribution in [2.75, 3.05) is 17.2 Å². The Hall–Kier alpha value is -2.91. The number of hydrogen-bond donors (Lipinski definition) is 2. The summed E-state index contributed by atoms with van der Waals surface area (Å²) in [5.41, 5.74) is 2.97. The minimum atomic E-state index is -3.94. The Morgan fingerprint density at radius 2 is 1.97 bits per heavy atom. The first kappa shape index (κ1) is 21.3. The molecule has 4 rings (SSSR count). The molecule has 2 atom stereocenters. The summed E-state index contributed by atoms with van der Waals surface area (Å²) in [5.74, 6) is -0.276. The number of nitrogens with one attached hydrogen (secondary N) is 2. The number of hydrogen-bond acceptors (Lipinski definition) is 5. The summed E-state index contributed by atoms with van der Waals surface area (Å²) < 4.78 is 33.4. The lowest BCUT2D eigenvalue weighted by atomic mass is 10.1. The summed E-state index contributed by atoms with van der Waals surface area (Å²) in [7, 11) is -3.94. The molecule has 0 spiro atoms. The van der Waals surface area contributed by atoms with Crippen molar-refractivity contribution in [3.8, 4) is 5.75 Å². The van der Waals surface area contributed by atoms with Gasteiger partial charge < -0.3 is 15.4 Å². The molecule has 1 fully saturated rings. The van der Waals surface area contributed by atoms with E-state index < -0.39 is 22.2 Å². The van der Waals surface area contributed by atoms with E-state index in [9.17, 15) is 18.0 Å². The Morgan fingerprint density at radius 1 is 1.19 bits per heavy atom. The van der Waals surface area contributed by atoms with Crippen molar-refractivity contribution in [1.29, 1.82) is 0 Å². The first-order valence-corrected chi connectivity index (χ1v) is 11.6. The highest BCUT2D eigenvalue weighted by molar-refractivity contribution is 7.89. The topological polar surface area (TPSA) is 105 Å². The number of carbonyl (C=O) groups excluding carboxylic acids is 2. The molecule has 2 aliphatic rings. The third-order valence-corrected chi connectivity index (χ3v) is 7.54. The Morgan fingerprint density at radius 3 is 2.71 bits per heavy atom. The molecule has 2 heterocycles. The van der Waals surface area contributed by atoms with Crippen LogP contribution in [0.3, 0.4) is 0 Å². The van der Waals surface area contributed by atoms with Crippen molar-refractivity contribution >= 4 is 33.2 Å². The van der Waals surface area contributed by atoms with Gasteiger partial charge in [-0.3, -0.25) is 9.59 Å². The quantitative estimate of drug-likeness (QED) is 0.756. The van der Waals surface area contributed by atoms with E-state index in [-0.39, 0.29) is 23.3 Å². The van der Waals surface area contributed by atoms with E-state index in [2.05, 4.69) is 10.6 Å². The number of nitrogens with zero attached hydrogens (tertiary/aromatic N) is 1. The maximum Gasteiger partial charge on any atom is 0.265 e. The van der Waals surface area contributed by atoms with Gasteiger partial charge in [0, 0.05) is 12.2 Å². The summed E-state index contributed by atoms with van der Waals surface area (Å²) in [6, 6.07) is 9.23. The third kappa shape index (κ3) is 4.03. The molecule has 0 radical (unpaired) electrons. The number of ether oxygens (including phenoxy) is 1. The molecule has 31 heavy (non-hydrogen) atoms. The van der Waals surface area contributed by atoms with Crippen molar-refractivity contribution in [1.82, 2.24) is 4.31 Å². The zero-order valence-electron chi connectivity index (χ0n) is 17.6. The normalized spacial score (nSPS) is 21.2. The molecule has 2 aromatic rings. The number of sulfonamides is 1. The van der Waals surface area contributed by atoms with E-state index in [1.807, 2.05) is 32.0 Å². The van der Waals surface area contributed by atoms with E-state index >= 15 is 0 Å². The monoisotopic (exact) mass is 443 g/mol. The predicted molar refractivity (Wildman–Crippen MR) is 117 cm³/mol. The summed E-state index contributed by atoms with van der Waals surface area (Å²) in [6.07, 6.45) is 0.386. The lowest BCUT2D eigenvalue weighted by Gasteiger charge is -2.26. The van der Waals surface area contributed by atoms with Crippen LogP contribution in [0.1, 0.15) is 30.9 Å². The van der Waals surface area contributed by atoms with Crippen LogP contribution in [0.4, 0.5) is 11.4 Å². The second kappa shape index (κ2) is 7.97. The summed E-state index contributed by atoms with van der Waals surface area (Å²) in [5, 5.41) is 5.54. The molecule has 164 valence electrons. The molecular formula is C22H25N3O5S. The highest BCUT2D eigenvalue weighted by Gasteiger charge is 2.40. The summed E-state index contributed by atoms with van der Waals surface area (Å²) >= 11 is 0. The van der Waals surface area contributed by atoms with E-state index in [1.54, 1.807) is 6.92 Å². The van der Waals surface area contributed by atoms with E-state index in [0.717, 1.165) is 11.1 Å². The zero-order chi connectivity index (χ0) is 22.3. The molecule has 2 amide bonds. The molecule has 2 aliphatic heterocycles. The minimum Gasteiger partial charge on any atom is -0.479 e. The fraction of sp³-hybridized carbons (Fsp3) is 0.364. The molecule has 1 saturated heterocycles. The van der Waals surface area contributed by atoms with Crippen LogP contribution >= 0.6 is 0 Å². The van der Waals surface area contributed by atoms with Crippen LogP contribution in [0.5, 0.6) is 5.75 Å². The standard InChI is InChI=1S/C22H25N3O5S/c1-13-6-8-17(14(2)11-13)23-22(27)19-5-4-10-25(19)31(28,29)16-7-9-20-18(12-16)24-21(26)15(3)30-20/h6-9,11-12,15,19H,4-5,10H2,1-3H3,(H,23,27)(H,24,26). The van der Waals surface area contributed by atoms with Crippen LogP contribution in [0.15, 0.2) is 41.3 Å².